The molecule has 0 bridgehead atoms. The molecule has 0 saturated heterocycles. The van der Waals surface area contributed by atoms with E-state index in [4.69, 9.17) is 4.74 Å². The van der Waals surface area contributed by atoms with Crippen LogP contribution < -0.4 is 4.74 Å². The van der Waals surface area contributed by atoms with E-state index < -0.39 is 6.16 Å². The molecule has 0 aliphatic heterocycles. The van der Waals surface area contributed by atoms with E-state index in [9.17, 15) is 9.90 Å². The monoisotopic (exact) mass is 480 g/mol. The van der Waals surface area contributed by atoms with Crippen molar-refractivity contribution in [2.75, 3.05) is 0 Å². The summed E-state index contributed by atoms with van der Waals surface area (Å²) in [6, 6.07) is 8.83. The number of hydrogen-bond donors (Lipinski definition) is 1. The molecule has 2 aromatic rings. The van der Waals surface area contributed by atoms with E-state index in [0.717, 1.165) is 56.9 Å². The van der Waals surface area contributed by atoms with Crippen LogP contribution in [0.5, 0.6) is 5.75 Å². The molecular formula is C32H48O3. The highest BCUT2D eigenvalue weighted by Crippen LogP contribution is 2.40. The maximum Gasteiger partial charge on any atom is 0.511 e. The third-order valence-corrected chi connectivity index (χ3v) is 6.97. The normalized spacial score (nSPS) is 11.1. The Morgan fingerprint density at radius 2 is 1.26 bits per heavy atom. The zero-order valence-electron chi connectivity index (χ0n) is 23.0. The molecule has 2 aromatic carbocycles. The molecule has 0 aliphatic carbocycles. The lowest BCUT2D eigenvalue weighted by Gasteiger charge is -2.24. The molecule has 3 heteroatoms. The number of carbonyl (C=O) groups is 1. The molecule has 1 N–H and O–H groups in total. The predicted octanol–water partition coefficient (Wildman–Crippen LogP) is 9.73. The van der Waals surface area contributed by atoms with Gasteiger partial charge >= 0.3 is 6.16 Å². The predicted molar refractivity (Wildman–Crippen MR) is 149 cm³/mol. The van der Waals surface area contributed by atoms with Crippen molar-refractivity contribution in [3.05, 3.63) is 52.1 Å². The summed E-state index contributed by atoms with van der Waals surface area (Å²) in [5.41, 5.74) is 9.21. The Balaban J connectivity index is 2.80. The molecule has 0 spiro atoms. The van der Waals surface area contributed by atoms with E-state index in [-0.39, 0.29) is 0 Å². The van der Waals surface area contributed by atoms with Crippen LogP contribution in [0.25, 0.3) is 11.1 Å². The molecule has 0 radical (unpaired) electrons. The fourth-order valence-electron chi connectivity index (χ4n) is 5.37. The molecule has 0 saturated carbocycles. The Bertz CT molecular complexity index is 929. The quantitative estimate of drug-likeness (QED) is 0.148. The Morgan fingerprint density at radius 3 is 1.86 bits per heavy atom. The number of unbranched alkanes of at least 4 members (excludes halogenated alkanes) is 4. The summed E-state index contributed by atoms with van der Waals surface area (Å²) in [5.74, 6) is 0.536. The van der Waals surface area contributed by atoms with Crippen LogP contribution in [0.15, 0.2) is 24.3 Å². The molecule has 0 unspecified atom stereocenters. The highest BCUT2D eigenvalue weighted by molar-refractivity contribution is 5.77. The van der Waals surface area contributed by atoms with Gasteiger partial charge in [-0.2, -0.15) is 0 Å². The van der Waals surface area contributed by atoms with Crippen LogP contribution in [0.4, 0.5) is 4.79 Å². The van der Waals surface area contributed by atoms with Gasteiger partial charge in [-0.3, -0.25) is 0 Å². The van der Waals surface area contributed by atoms with Gasteiger partial charge in [0, 0.05) is 0 Å². The van der Waals surface area contributed by atoms with Gasteiger partial charge in [-0.15, -0.1) is 0 Å². The van der Waals surface area contributed by atoms with Crippen molar-refractivity contribution < 1.29 is 14.6 Å². The Labute approximate surface area is 214 Å². The Hall–Kier alpha value is -2.29. The lowest BCUT2D eigenvalue weighted by atomic mass is 9.82. The molecule has 3 nitrogen and oxygen atoms in total. The molecule has 0 aromatic heterocycles. The SMILES string of the molecule is CCCCCc1cccc(-c2cc(OC(=O)O)c(CCC)c(CCC)c2CCC)c1CCCCC. The van der Waals surface area contributed by atoms with Gasteiger partial charge in [0.25, 0.3) is 0 Å². The summed E-state index contributed by atoms with van der Waals surface area (Å²) >= 11 is 0. The van der Waals surface area contributed by atoms with Crippen LogP contribution in [0.2, 0.25) is 0 Å². The van der Waals surface area contributed by atoms with Crippen LogP contribution in [-0.2, 0) is 32.1 Å². The summed E-state index contributed by atoms with van der Waals surface area (Å²) in [6.45, 7) is 11.1. The first-order valence-electron chi connectivity index (χ1n) is 14.2. The van der Waals surface area contributed by atoms with Crippen molar-refractivity contribution in [2.24, 2.45) is 0 Å². The second-order valence-electron chi connectivity index (χ2n) is 9.83. The lowest BCUT2D eigenvalue weighted by Crippen LogP contribution is -2.11. The second kappa shape index (κ2) is 15.7. The molecule has 0 heterocycles. The fourth-order valence-corrected chi connectivity index (χ4v) is 5.37. The Morgan fingerprint density at radius 1 is 0.657 bits per heavy atom. The molecule has 0 amide bonds. The zero-order chi connectivity index (χ0) is 25.6. The lowest BCUT2D eigenvalue weighted by molar-refractivity contribution is 0.144. The van der Waals surface area contributed by atoms with Crippen molar-refractivity contribution in [1.29, 1.82) is 0 Å². The molecule has 0 aliphatic rings. The van der Waals surface area contributed by atoms with E-state index in [1.54, 1.807) is 0 Å². The van der Waals surface area contributed by atoms with Crippen LogP contribution in [0.3, 0.4) is 0 Å². The van der Waals surface area contributed by atoms with Gasteiger partial charge in [0.2, 0.25) is 0 Å². The minimum absolute atomic E-state index is 0.536. The first-order valence-corrected chi connectivity index (χ1v) is 14.2. The smallest absolute Gasteiger partial charge is 0.449 e. The first kappa shape index (κ1) is 28.9. The summed E-state index contributed by atoms with van der Waals surface area (Å²) in [4.78, 5) is 11.7. The highest BCUT2D eigenvalue weighted by atomic mass is 16.7. The maximum absolute atomic E-state index is 11.7. The number of rotatable bonds is 16. The summed E-state index contributed by atoms with van der Waals surface area (Å²) in [7, 11) is 0. The van der Waals surface area contributed by atoms with Crippen LogP contribution in [0, 0.1) is 0 Å². The average Bonchev–Trinajstić information content (AvgIpc) is 2.83. The zero-order valence-corrected chi connectivity index (χ0v) is 23.0. The molecule has 0 atom stereocenters. The maximum atomic E-state index is 11.7. The number of benzene rings is 2. The average molecular weight is 481 g/mol. The van der Waals surface area contributed by atoms with Gasteiger partial charge in [-0.05, 0) is 90.0 Å². The Kier molecular flexibility index (Phi) is 12.9. The van der Waals surface area contributed by atoms with E-state index >= 15 is 0 Å². The minimum Gasteiger partial charge on any atom is -0.449 e. The highest BCUT2D eigenvalue weighted by Gasteiger charge is 2.22. The minimum atomic E-state index is -1.23. The van der Waals surface area contributed by atoms with E-state index in [2.05, 4.69) is 58.9 Å². The summed E-state index contributed by atoms with van der Waals surface area (Å²) < 4.78 is 5.44. The van der Waals surface area contributed by atoms with Crippen LogP contribution in [-0.4, -0.2) is 11.3 Å². The molecule has 194 valence electrons. The van der Waals surface area contributed by atoms with Crippen LogP contribution in [0.1, 0.15) is 120 Å². The molecule has 2 rings (SSSR count). The molecule has 0 fully saturated rings. The number of ether oxygens (including phenoxy) is 1. The third kappa shape index (κ3) is 8.12. The van der Waals surface area contributed by atoms with Gasteiger partial charge in [-0.1, -0.05) is 97.8 Å². The van der Waals surface area contributed by atoms with E-state index in [1.165, 1.54) is 71.9 Å². The van der Waals surface area contributed by atoms with Crippen LogP contribution >= 0.6 is 0 Å². The van der Waals surface area contributed by atoms with Gasteiger partial charge in [0.05, 0.1) is 0 Å². The van der Waals surface area contributed by atoms with E-state index in [0.29, 0.717) is 5.75 Å². The number of carboxylic acid groups (broad SMARTS) is 1. The van der Waals surface area contributed by atoms with Crippen molar-refractivity contribution in [3.8, 4) is 16.9 Å². The third-order valence-electron chi connectivity index (χ3n) is 6.97. The molecular weight excluding hydrogens is 432 g/mol. The van der Waals surface area contributed by atoms with Crippen molar-refractivity contribution in [2.45, 2.75) is 125 Å². The molecule has 35 heavy (non-hydrogen) atoms. The summed E-state index contributed by atoms with van der Waals surface area (Å²) in [5, 5.41) is 9.55. The van der Waals surface area contributed by atoms with Gasteiger partial charge in [0.1, 0.15) is 5.75 Å². The number of hydrogen-bond acceptors (Lipinski definition) is 2. The standard InChI is InChI=1S/C32H48O3/c1-6-11-13-19-24-20-15-22-28(25(24)21-14-12-7-2)30-23-31(35-32(33)34)29(18-10-5)26(16-8-3)27(30)17-9-4/h15,20,22-23H,6-14,16-19,21H2,1-5H3,(H,33,34). The largest absolute Gasteiger partial charge is 0.511 e. The van der Waals surface area contributed by atoms with Gasteiger partial charge in [0.15, 0.2) is 0 Å². The van der Waals surface area contributed by atoms with Crippen molar-refractivity contribution in [1.82, 2.24) is 0 Å². The van der Waals surface area contributed by atoms with Gasteiger partial charge in [-0.25, -0.2) is 4.79 Å². The topological polar surface area (TPSA) is 46.5 Å². The van der Waals surface area contributed by atoms with Crippen molar-refractivity contribution >= 4 is 6.16 Å². The second-order valence-corrected chi connectivity index (χ2v) is 9.83. The van der Waals surface area contributed by atoms with E-state index in [1.807, 2.05) is 0 Å². The summed E-state index contributed by atoms with van der Waals surface area (Å²) in [6.07, 6.45) is 14.1. The first-order chi connectivity index (χ1) is 17.0. The van der Waals surface area contributed by atoms with Gasteiger partial charge < -0.3 is 9.84 Å². The van der Waals surface area contributed by atoms with Crippen molar-refractivity contribution in [3.63, 3.8) is 0 Å². The fraction of sp³-hybridized carbons (Fsp3) is 0.594. The number of aryl methyl sites for hydroxylation is 1.